The van der Waals surface area contributed by atoms with Gasteiger partial charge in [-0.25, -0.2) is 9.67 Å². The Morgan fingerprint density at radius 3 is 2.82 bits per heavy atom. The number of pyridine rings is 1. The van der Waals surface area contributed by atoms with Crippen LogP contribution >= 0.6 is 0 Å². The number of hydrogen-bond acceptors (Lipinski definition) is 9. The van der Waals surface area contributed by atoms with Crippen molar-refractivity contribution in [3.8, 4) is 0 Å². The van der Waals surface area contributed by atoms with Crippen molar-refractivity contribution in [3.05, 3.63) is 65.6 Å². The Morgan fingerprint density at radius 2 is 2.09 bits per heavy atom. The van der Waals surface area contributed by atoms with Crippen molar-refractivity contribution >= 4 is 17.4 Å². The summed E-state index contributed by atoms with van der Waals surface area (Å²) in [5.74, 6) is 0.647. The quantitative estimate of drug-likeness (QED) is 0.387. The van der Waals surface area contributed by atoms with Crippen molar-refractivity contribution in [2.75, 3.05) is 11.9 Å². The predicted octanol–water partition coefficient (Wildman–Crippen LogP) is 2.05. The van der Waals surface area contributed by atoms with Gasteiger partial charge in [-0.1, -0.05) is 48.5 Å². The summed E-state index contributed by atoms with van der Waals surface area (Å²) in [7, 11) is 1.73. The number of carbonyl (C=O) groups is 1. The number of hydrogen-bond donors (Lipinski definition) is 1. The fourth-order valence-corrected chi connectivity index (χ4v) is 3.22. The molecule has 0 aliphatic carbocycles. The number of ether oxygens (including phenoxy) is 2. The van der Waals surface area contributed by atoms with E-state index in [-0.39, 0.29) is 25.0 Å². The molecular weight excluding hydrogens is 426 g/mol. The molecule has 1 aliphatic rings. The number of aromatic nitrogens is 5. The Morgan fingerprint density at radius 1 is 1.24 bits per heavy atom. The first-order chi connectivity index (χ1) is 16.1. The van der Waals surface area contributed by atoms with Gasteiger partial charge in [-0.3, -0.25) is 4.79 Å². The van der Waals surface area contributed by atoms with Gasteiger partial charge in [-0.05, 0) is 29.0 Å². The van der Waals surface area contributed by atoms with Crippen LogP contribution in [-0.4, -0.2) is 55.8 Å². The highest BCUT2D eigenvalue weighted by molar-refractivity contribution is 6.10. The Balaban J connectivity index is 1.38. The summed E-state index contributed by atoms with van der Waals surface area (Å²) in [5.41, 5.74) is 1.90. The molecule has 0 spiro atoms. The lowest BCUT2D eigenvalue weighted by Gasteiger charge is -2.11. The van der Waals surface area contributed by atoms with Crippen LogP contribution in [0.5, 0.6) is 0 Å². The van der Waals surface area contributed by atoms with Crippen molar-refractivity contribution in [2.24, 2.45) is 12.2 Å². The smallest absolute Gasteiger partial charge is 0.230 e. The number of benzene rings is 1. The molecule has 11 heteroatoms. The molecule has 1 fully saturated rings. The molecule has 0 bridgehead atoms. The first-order valence-electron chi connectivity index (χ1n) is 10.6. The molecule has 0 saturated carbocycles. The third kappa shape index (κ3) is 5.96. The average molecular weight is 451 g/mol. The minimum absolute atomic E-state index is 0.0417. The van der Waals surface area contributed by atoms with Gasteiger partial charge in [0.2, 0.25) is 11.7 Å². The maximum atomic E-state index is 12.3. The number of rotatable bonds is 9. The summed E-state index contributed by atoms with van der Waals surface area (Å²) in [5, 5.41) is 18.6. The highest BCUT2D eigenvalue weighted by Gasteiger charge is 2.26. The Bertz CT molecular complexity index is 1100. The van der Waals surface area contributed by atoms with Crippen LogP contribution in [-0.2, 0) is 32.8 Å². The van der Waals surface area contributed by atoms with Crippen molar-refractivity contribution in [2.45, 2.75) is 38.8 Å². The molecule has 172 valence electrons. The van der Waals surface area contributed by atoms with Gasteiger partial charge in [0, 0.05) is 12.6 Å². The van der Waals surface area contributed by atoms with Crippen LogP contribution in [0, 0.1) is 0 Å². The monoisotopic (exact) mass is 451 g/mol. The molecule has 4 rings (SSSR count). The number of tetrazole rings is 1. The summed E-state index contributed by atoms with van der Waals surface area (Å²) >= 11 is 0. The Labute approximate surface area is 190 Å². The van der Waals surface area contributed by atoms with Crippen LogP contribution in [0.25, 0.3) is 0 Å². The minimum atomic E-state index is -0.526. The second kappa shape index (κ2) is 10.7. The summed E-state index contributed by atoms with van der Waals surface area (Å²) in [6, 6.07) is 14.8. The molecule has 1 saturated heterocycles. The van der Waals surface area contributed by atoms with E-state index >= 15 is 0 Å². The van der Waals surface area contributed by atoms with Crippen LogP contribution < -0.4 is 5.32 Å². The summed E-state index contributed by atoms with van der Waals surface area (Å²) < 4.78 is 12.6. The van der Waals surface area contributed by atoms with Crippen molar-refractivity contribution in [3.63, 3.8) is 0 Å². The SMILES string of the molecule is CCC1COC(CC(=O)Nc2cccc(CO/N=C(/c3ccccc3)c3nnnn3C)n2)O1. The summed E-state index contributed by atoms with van der Waals surface area (Å²) in [6.45, 7) is 2.62. The maximum Gasteiger partial charge on any atom is 0.230 e. The van der Waals surface area contributed by atoms with E-state index in [0.717, 1.165) is 12.0 Å². The van der Waals surface area contributed by atoms with Crippen molar-refractivity contribution < 1.29 is 19.1 Å². The van der Waals surface area contributed by atoms with Crippen LogP contribution in [0.1, 0.15) is 36.8 Å². The molecule has 1 aromatic carbocycles. The largest absolute Gasteiger partial charge is 0.389 e. The Kier molecular flexibility index (Phi) is 7.33. The second-order valence-electron chi connectivity index (χ2n) is 7.40. The number of oxime groups is 1. The van der Waals surface area contributed by atoms with E-state index in [1.165, 1.54) is 4.68 Å². The first kappa shape index (κ1) is 22.5. The number of nitrogens with zero attached hydrogens (tertiary/aromatic N) is 6. The molecular formula is C22H25N7O4. The zero-order valence-electron chi connectivity index (χ0n) is 18.4. The van der Waals surface area contributed by atoms with Gasteiger partial charge in [-0.2, -0.15) is 0 Å². The zero-order valence-corrected chi connectivity index (χ0v) is 18.4. The van der Waals surface area contributed by atoms with E-state index in [0.29, 0.717) is 29.7 Å². The van der Waals surface area contributed by atoms with Gasteiger partial charge >= 0.3 is 0 Å². The zero-order chi connectivity index (χ0) is 23.0. The lowest BCUT2D eigenvalue weighted by Crippen LogP contribution is -2.21. The van der Waals surface area contributed by atoms with Crippen molar-refractivity contribution in [1.29, 1.82) is 0 Å². The van der Waals surface area contributed by atoms with E-state index in [9.17, 15) is 4.79 Å². The molecule has 1 N–H and O–H groups in total. The molecule has 3 heterocycles. The van der Waals surface area contributed by atoms with Gasteiger partial charge in [0.15, 0.2) is 18.6 Å². The second-order valence-corrected chi connectivity index (χ2v) is 7.40. The summed E-state index contributed by atoms with van der Waals surface area (Å²) in [4.78, 5) is 22.3. The fraction of sp³-hybridized carbons (Fsp3) is 0.364. The number of carbonyl (C=O) groups excluding carboxylic acids is 1. The predicted molar refractivity (Wildman–Crippen MR) is 118 cm³/mol. The molecule has 2 unspecified atom stereocenters. The third-order valence-electron chi connectivity index (χ3n) is 4.94. The van der Waals surface area contributed by atoms with Gasteiger partial charge in [-0.15, -0.1) is 5.10 Å². The number of amides is 1. The number of aryl methyl sites for hydroxylation is 1. The summed E-state index contributed by atoms with van der Waals surface area (Å²) in [6.07, 6.45) is 0.473. The lowest BCUT2D eigenvalue weighted by atomic mass is 10.1. The molecule has 1 amide bonds. The molecule has 11 nitrogen and oxygen atoms in total. The Hall–Kier alpha value is -3.70. The maximum absolute atomic E-state index is 12.3. The highest BCUT2D eigenvalue weighted by atomic mass is 16.7. The van der Waals surface area contributed by atoms with Gasteiger partial charge < -0.3 is 19.6 Å². The topological polar surface area (TPSA) is 126 Å². The molecule has 3 aromatic rings. The van der Waals surface area contributed by atoms with Crippen LogP contribution in [0.4, 0.5) is 5.82 Å². The van der Waals surface area contributed by atoms with Crippen molar-refractivity contribution in [1.82, 2.24) is 25.2 Å². The third-order valence-corrected chi connectivity index (χ3v) is 4.94. The highest BCUT2D eigenvalue weighted by Crippen LogP contribution is 2.17. The molecule has 2 aromatic heterocycles. The molecule has 33 heavy (non-hydrogen) atoms. The van der Waals surface area contributed by atoms with E-state index in [4.69, 9.17) is 14.3 Å². The van der Waals surface area contributed by atoms with Crippen LogP contribution in [0.15, 0.2) is 53.7 Å². The van der Waals surface area contributed by atoms with Crippen LogP contribution in [0.2, 0.25) is 0 Å². The normalized spacial score (nSPS) is 18.3. The van der Waals surface area contributed by atoms with Gasteiger partial charge in [0.1, 0.15) is 5.82 Å². The van der Waals surface area contributed by atoms with E-state index < -0.39 is 6.29 Å². The molecule has 1 aliphatic heterocycles. The lowest BCUT2D eigenvalue weighted by molar-refractivity contribution is -0.125. The van der Waals surface area contributed by atoms with Gasteiger partial charge in [0.05, 0.1) is 24.8 Å². The number of nitrogens with one attached hydrogen (secondary N) is 1. The van der Waals surface area contributed by atoms with Gasteiger partial charge in [0.25, 0.3) is 0 Å². The first-order valence-corrected chi connectivity index (χ1v) is 10.6. The van der Waals surface area contributed by atoms with E-state index in [1.54, 1.807) is 25.2 Å². The fourth-order valence-electron chi connectivity index (χ4n) is 3.22. The van der Waals surface area contributed by atoms with E-state index in [2.05, 4.69) is 31.0 Å². The molecule has 0 radical (unpaired) electrons. The van der Waals surface area contributed by atoms with Crippen LogP contribution in [0.3, 0.4) is 0 Å². The minimum Gasteiger partial charge on any atom is -0.389 e. The number of anilines is 1. The standard InChI is InChI=1S/C22H25N7O4/c1-3-17-14-31-20(33-17)12-19(30)24-18-11-7-10-16(23-18)13-32-26-21(15-8-5-4-6-9-15)22-25-27-28-29(22)2/h4-11,17,20H,3,12-14H2,1-2H3,(H,23,24,30)/b26-21-. The molecule has 2 atom stereocenters. The average Bonchev–Trinajstić information content (AvgIpc) is 3.46. The van der Waals surface area contributed by atoms with E-state index in [1.807, 2.05) is 37.3 Å².